The molecule has 0 N–H and O–H groups in total. The van der Waals surface area contributed by atoms with Gasteiger partial charge in [-0.25, -0.2) is 0 Å². The molecule has 2 aromatic rings. The van der Waals surface area contributed by atoms with Crippen molar-refractivity contribution in [2.45, 2.75) is 38.8 Å². The summed E-state index contributed by atoms with van der Waals surface area (Å²) >= 11 is 7.22. The second-order valence-corrected chi connectivity index (χ2v) is 12.1. The lowest BCUT2D eigenvalue weighted by atomic mass is 10.00. The molecule has 22 heavy (non-hydrogen) atoms. The first-order valence-corrected chi connectivity index (χ1v) is 11.7. The second-order valence-electron chi connectivity index (χ2n) is 6.43. The van der Waals surface area contributed by atoms with Crippen molar-refractivity contribution < 1.29 is 0 Å². The van der Waals surface area contributed by atoms with E-state index in [-0.39, 0.29) is 0 Å². The Morgan fingerprint density at radius 1 is 1.05 bits per heavy atom. The van der Waals surface area contributed by atoms with E-state index < -0.39 is 7.38 Å². The van der Waals surface area contributed by atoms with E-state index in [1.54, 1.807) is 0 Å². The monoisotopic (exact) mass is 326 g/mol. The first-order chi connectivity index (χ1) is 10.6. The van der Waals surface area contributed by atoms with Crippen LogP contribution < -0.4 is 5.19 Å². The van der Waals surface area contributed by atoms with Crippen LogP contribution >= 0.6 is 11.1 Å². The van der Waals surface area contributed by atoms with E-state index in [0.717, 1.165) is 6.42 Å². The third-order valence-corrected chi connectivity index (χ3v) is 9.39. The summed E-state index contributed by atoms with van der Waals surface area (Å²) in [7, 11) is -2.10. The first kappa shape index (κ1) is 15.6. The minimum atomic E-state index is -2.10. The molecule has 0 spiro atoms. The number of hydrogen-bond donors (Lipinski definition) is 0. The molecule has 1 aliphatic carbocycles. The number of rotatable bonds is 4. The average Bonchev–Trinajstić information content (AvgIpc) is 2.86. The molecular weight excluding hydrogens is 304 g/mol. The molecule has 0 radical (unpaired) electrons. The topological polar surface area (TPSA) is 0 Å². The van der Waals surface area contributed by atoms with Gasteiger partial charge in [-0.15, -0.1) is 0 Å². The minimum absolute atomic E-state index is 0.378. The number of halogens is 1. The molecule has 0 heterocycles. The van der Waals surface area contributed by atoms with E-state index in [0.29, 0.717) is 5.54 Å². The van der Waals surface area contributed by atoms with Gasteiger partial charge < -0.3 is 0 Å². The second kappa shape index (κ2) is 6.06. The summed E-state index contributed by atoms with van der Waals surface area (Å²) in [6.07, 6.45) is 4.70. The van der Waals surface area contributed by atoms with Crippen molar-refractivity contribution in [3.63, 3.8) is 0 Å². The van der Waals surface area contributed by atoms with E-state index in [4.69, 9.17) is 11.1 Å². The fourth-order valence-corrected chi connectivity index (χ4v) is 7.95. The van der Waals surface area contributed by atoms with E-state index in [9.17, 15) is 0 Å². The standard InChI is InChI=1S/C20H23ClSi/c1-4-9-16-10-8-13-18-19(16)14-15(2)20(18)22(3,21)17-11-6-5-7-12-17/h5-8,10-14,20H,4,9H2,1-3H3. The van der Waals surface area contributed by atoms with Crippen LogP contribution in [0.15, 0.2) is 54.1 Å². The fraction of sp³-hybridized carbons (Fsp3) is 0.300. The Labute approximate surface area is 139 Å². The zero-order valence-electron chi connectivity index (χ0n) is 13.6. The predicted molar refractivity (Wildman–Crippen MR) is 100 cm³/mol. The lowest BCUT2D eigenvalue weighted by molar-refractivity contribution is 0.916. The van der Waals surface area contributed by atoms with Gasteiger partial charge in [0.05, 0.1) is 0 Å². The van der Waals surface area contributed by atoms with Gasteiger partial charge in [-0.1, -0.05) is 80.1 Å². The van der Waals surface area contributed by atoms with Crippen LogP contribution in [0, 0.1) is 0 Å². The first-order valence-electron chi connectivity index (χ1n) is 8.10. The molecule has 0 nitrogen and oxygen atoms in total. The molecule has 0 aromatic heterocycles. The van der Waals surface area contributed by atoms with E-state index in [2.05, 4.69) is 75.0 Å². The Bertz CT molecular complexity index is 701. The number of benzene rings is 2. The fourth-order valence-electron chi connectivity index (χ4n) is 3.75. The maximum Gasteiger partial charge on any atom is 0.195 e. The van der Waals surface area contributed by atoms with Crippen LogP contribution in [0.1, 0.15) is 42.5 Å². The number of aryl methyl sites for hydroxylation is 1. The van der Waals surface area contributed by atoms with Gasteiger partial charge in [0, 0.05) is 5.54 Å². The molecule has 0 saturated carbocycles. The van der Waals surface area contributed by atoms with Crippen LogP contribution in [0.25, 0.3) is 6.08 Å². The van der Waals surface area contributed by atoms with E-state index in [1.165, 1.54) is 33.9 Å². The van der Waals surface area contributed by atoms with Crippen molar-refractivity contribution in [2.24, 2.45) is 0 Å². The van der Waals surface area contributed by atoms with Crippen LogP contribution in [0.2, 0.25) is 6.55 Å². The van der Waals surface area contributed by atoms with Crippen molar-refractivity contribution in [3.05, 3.63) is 70.8 Å². The average molecular weight is 327 g/mol. The molecule has 0 bridgehead atoms. The molecule has 2 unspecified atom stereocenters. The summed E-state index contributed by atoms with van der Waals surface area (Å²) in [6, 6.07) is 17.4. The number of fused-ring (bicyclic) bond motifs is 1. The van der Waals surface area contributed by atoms with Crippen molar-refractivity contribution >= 4 is 29.7 Å². The third-order valence-electron chi connectivity index (χ3n) is 4.77. The van der Waals surface area contributed by atoms with Crippen LogP contribution in [-0.4, -0.2) is 7.38 Å². The molecule has 0 fully saturated rings. The Morgan fingerprint density at radius 3 is 2.45 bits per heavy atom. The molecular formula is C20H23ClSi. The van der Waals surface area contributed by atoms with E-state index >= 15 is 0 Å². The summed E-state index contributed by atoms with van der Waals surface area (Å²) in [4.78, 5) is 0. The highest BCUT2D eigenvalue weighted by molar-refractivity contribution is 7.27. The molecule has 2 atom stereocenters. The van der Waals surface area contributed by atoms with Gasteiger partial charge in [0.2, 0.25) is 0 Å². The number of hydrogen-bond acceptors (Lipinski definition) is 0. The highest BCUT2D eigenvalue weighted by atomic mass is 35.6. The van der Waals surface area contributed by atoms with E-state index in [1.807, 2.05) is 0 Å². The highest BCUT2D eigenvalue weighted by Crippen LogP contribution is 2.44. The SMILES string of the molecule is CCCc1cccc2c1C=C(C)C2[Si](C)(Cl)c1ccccc1. The molecule has 114 valence electrons. The normalized spacial score (nSPS) is 19.5. The third kappa shape index (κ3) is 2.57. The van der Waals surface area contributed by atoms with Crippen molar-refractivity contribution in [2.75, 3.05) is 0 Å². The molecule has 1 aliphatic rings. The maximum absolute atomic E-state index is 7.22. The van der Waals surface area contributed by atoms with Gasteiger partial charge in [-0.3, -0.25) is 0 Å². The molecule has 0 aliphatic heterocycles. The zero-order valence-corrected chi connectivity index (χ0v) is 15.3. The molecule has 3 rings (SSSR count). The van der Waals surface area contributed by atoms with Gasteiger partial charge in [-0.05, 0) is 35.2 Å². The zero-order chi connectivity index (χ0) is 15.7. The summed E-state index contributed by atoms with van der Waals surface area (Å²) < 4.78 is 0. The van der Waals surface area contributed by atoms with Crippen LogP contribution in [0.5, 0.6) is 0 Å². The Balaban J connectivity index is 2.09. The lowest BCUT2D eigenvalue weighted by Crippen LogP contribution is -2.45. The molecule has 0 saturated heterocycles. The summed E-state index contributed by atoms with van der Waals surface area (Å²) in [6.45, 7) is 6.78. The molecule has 0 amide bonds. The highest BCUT2D eigenvalue weighted by Gasteiger charge is 2.42. The van der Waals surface area contributed by atoms with Gasteiger partial charge in [-0.2, -0.15) is 11.1 Å². The summed E-state index contributed by atoms with van der Waals surface area (Å²) in [5.74, 6) is 0. The van der Waals surface area contributed by atoms with Crippen LogP contribution in [0.4, 0.5) is 0 Å². The van der Waals surface area contributed by atoms with Gasteiger partial charge >= 0.3 is 0 Å². The Morgan fingerprint density at radius 2 is 1.77 bits per heavy atom. The predicted octanol–water partition coefficient (Wildman–Crippen LogP) is 5.40. The molecule has 2 aromatic carbocycles. The van der Waals surface area contributed by atoms with Gasteiger partial charge in [0.15, 0.2) is 7.38 Å². The van der Waals surface area contributed by atoms with Crippen molar-refractivity contribution in [3.8, 4) is 0 Å². The lowest BCUT2D eigenvalue weighted by Gasteiger charge is -2.30. The van der Waals surface area contributed by atoms with Gasteiger partial charge in [0.1, 0.15) is 0 Å². The smallest absolute Gasteiger partial charge is 0.160 e. The van der Waals surface area contributed by atoms with Crippen molar-refractivity contribution in [1.29, 1.82) is 0 Å². The molecule has 2 heteroatoms. The maximum atomic E-state index is 7.22. The van der Waals surface area contributed by atoms with Crippen LogP contribution in [0.3, 0.4) is 0 Å². The Kier molecular flexibility index (Phi) is 4.29. The Hall–Kier alpha value is -1.31. The summed E-state index contributed by atoms with van der Waals surface area (Å²) in [5, 5.41) is 1.32. The van der Waals surface area contributed by atoms with Gasteiger partial charge in [0.25, 0.3) is 0 Å². The minimum Gasteiger partial charge on any atom is -0.160 e. The number of allylic oxidation sites excluding steroid dienone is 1. The van der Waals surface area contributed by atoms with Crippen LogP contribution in [-0.2, 0) is 6.42 Å². The largest absolute Gasteiger partial charge is 0.195 e. The van der Waals surface area contributed by atoms with Crippen molar-refractivity contribution in [1.82, 2.24) is 0 Å². The quantitative estimate of drug-likeness (QED) is 0.521. The summed E-state index contributed by atoms with van der Waals surface area (Å²) in [5.41, 5.74) is 6.14.